The predicted molar refractivity (Wildman–Crippen MR) is 147 cm³/mol. The maximum atomic E-state index is 14.0. The summed E-state index contributed by atoms with van der Waals surface area (Å²) in [4.78, 5) is 36.7. The van der Waals surface area contributed by atoms with Gasteiger partial charge in [-0.2, -0.15) is 0 Å². The minimum Gasteiger partial charge on any atom is -0.497 e. The van der Waals surface area contributed by atoms with Gasteiger partial charge in [0, 0.05) is 23.7 Å². The van der Waals surface area contributed by atoms with Crippen molar-refractivity contribution in [2.24, 2.45) is 0 Å². The third-order valence-electron chi connectivity index (χ3n) is 6.83. The van der Waals surface area contributed by atoms with Crippen molar-refractivity contribution >= 4 is 35.1 Å². The number of anilines is 2. The Bertz CT molecular complexity index is 1630. The highest BCUT2D eigenvalue weighted by Gasteiger charge is 2.35. The zero-order valence-electron chi connectivity index (χ0n) is 22.3. The van der Waals surface area contributed by atoms with Gasteiger partial charge < -0.3 is 29.9 Å². The van der Waals surface area contributed by atoms with E-state index >= 15 is 0 Å². The molecule has 41 heavy (non-hydrogen) atoms. The molecule has 13 heteroatoms. The quantitative estimate of drug-likeness (QED) is 0.266. The van der Waals surface area contributed by atoms with Crippen LogP contribution in [0.15, 0.2) is 53.3 Å². The van der Waals surface area contributed by atoms with Gasteiger partial charge in [0.2, 0.25) is 11.9 Å². The van der Waals surface area contributed by atoms with Gasteiger partial charge in [-0.25, -0.2) is 14.4 Å². The van der Waals surface area contributed by atoms with Crippen molar-refractivity contribution in [3.8, 4) is 17.0 Å². The van der Waals surface area contributed by atoms with Crippen LogP contribution in [0.1, 0.15) is 40.2 Å². The molecule has 0 fully saturated rings. The standard InChI is InChI=1S/C28H26ClFN6O5/c1-14(26(38)33-24(13-37)18-6-19(30)9-20(7-18)40-3)36-12-17-5-4-16(8-21(17)27(36)39)25-22(29)10-31-28(35-25)34-23-11-32-41-15(23)2/h4-11,14,24,37H,12-13H2,1-3H3,(H,33,38)(H,31,34,35)/t14-,24-/m1/s1. The van der Waals surface area contributed by atoms with Gasteiger partial charge in [-0.05, 0) is 43.2 Å². The number of methoxy groups -OCH3 is 1. The SMILES string of the molecule is COc1cc(F)cc([C@@H](CO)NC(=O)[C@@H](C)N2Cc3ccc(-c4nc(Nc5cnoc5C)ncc4Cl)cc3C2=O)c1. The number of aryl methyl sites for hydroxylation is 1. The van der Waals surface area contributed by atoms with Crippen molar-refractivity contribution in [2.45, 2.75) is 32.5 Å². The third kappa shape index (κ3) is 5.70. The van der Waals surface area contributed by atoms with Crippen LogP contribution >= 0.6 is 11.6 Å². The van der Waals surface area contributed by atoms with Gasteiger partial charge in [-0.15, -0.1) is 0 Å². The lowest BCUT2D eigenvalue weighted by atomic mass is 10.0. The molecule has 4 aromatic rings. The van der Waals surface area contributed by atoms with Crippen LogP contribution in [-0.4, -0.2) is 56.7 Å². The number of hydrogen-bond acceptors (Lipinski definition) is 9. The fourth-order valence-electron chi connectivity index (χ4n) is 4.52. The Kier molecular flexibility index (Phi) is 7.86. The highest BCUT2D eigenvalue weighted by molar-refractivity contribution is 6.33. The zero-order chi connectivity index (χ0) is 29.3. The molecule has 11 nitrogen and oxygen atoms in total. The molecule has 0 radical (unpaired) electrons. The monoisotopic (exact) mass is 580 g/mol. The number of carbonyl (C=O) groups is 2. The number of amides is 2. The van der Waals surface area contributed by atoms with Gasteiger partial charge in [0.25, 0.3) is 5.91 Å². The van der Waals surface area contributed by atoms with E-state index in [0.29, 0.717) is 33.8 Å². The van der Waals surface area contributed by atoms with Crippen LogP contribution < -0.4 is 15.4 Å². The Morgan fingerprint density at radius 2 is 2.07 bits per heavy atom. The van der Waals surface area contributed by atoms with Crippen molar-refractivity contribution in [1.82, 2.24) is 25.3 Å². The molecular weight excluding hydrogens is 555 g/mol. The highest BCUT2D eigenvalue weighted by Crippen LogP contribution is 2.33. The lowest BCUT2D eigenvalue weighted by molar-refractivity contribution is -0.126. The number of aromatic nitrogens is 3. The number of aliphatic hydroxyl groups excluding tert-OH is 1. The maximum absolute atomic E-state index is 14.0. The Labute approximate surface area is 239 Å². The molecule has 0 unspecified atom stereocenters. The fourth-order valence-corrected chi connectivity index (χ4v) is 4.72. The van der Waals surface area contributed by atoms with Crippen LogP contribution in [0.5, 0.6) is 5.75 Å². The van der Waals surface area contributed by atoms with E-state index in [1.807, 2.05) is 0 Å². The van der Waals surface area contributed by atoms with Gasteiger partial charge in [-0.1, -0.05) is 28.9 Å². The van der Waals surface area contributed by atoms with Crippen molar-refractivity contribution < 1.29 is 28.3 Å². The first-order valence-electron chi connectivity index (χ1n) is 12.6. The Balaban J connectivity index is 1.33. The lowest BCUT2D eigenvalue weighted by Gasteiger charge is -2.26. The number of benzene rings is 2. The first-order chi connectivity index (χ1) is 19.7. The molecule has 5 rings (SSSR count). The molecule has 1 aliphatic heterocycles. The van der Waals surface area contributed by atoms with E-state index in [1.54, 1.807) is 32.0 Å². The largest absolute Gasteiger partial charge is 0.497 e. The zero-order valence-corrected chi connectivity index (χ0v) is 23.1. The number of rotatable bonds is 9. The molecular formula is C28H26ClFN6O5. The molecule has 2 aromatic carbocycles. The normalized spacial score (nSPS) is 14.0. The molecule has 1 aliphatic rings. The molecule has 3 N–H and O–H groups in total. The summed E-state index contributed by atoms with van der Waals surface area (Å²) < 4.78 is 24.1. The first kappa shape index (κ1) is 28.0. The van der Waals surface area contributed by atoms with Crippen LogP contribution in [0.3, 0.4) is 0 Å². The number of hydrogen-bond donors (Lipinski definition) is 3. The van der Waals surface area contributed by atoms with Crippen LogP contribution in [0.25, 0.3) is 11.3 Å². The van der Waals surface area contributed by atoms with Crippen molar-refractivity contribution in [3.63, 3.8) is 0 Å². The second-order valence-corrected chi connectivity index (χ2v) is 9.87. The van der Waals surface area contributed by atoms with E-state index in [-0.39, 0.29) is 29.2 Å². The van der Waals surface area contributed by atoms with Crippen molar-refractivity contribution in [1.29, 1.82) is 0 Å². The average molecular weight is 581 g/mol. The molecule has 0 spiro atoms. The summed E-state index contributed by atoms with van der Waals surface area (Å²) in [5, 5.41) is 19.6. The van der Waals surface area contributed by atoms with Gasteiger partial charge in [0.15, 0.2) is 5.76 Å². The smallest absolute Gasteiger partial charge is 0.255 e. The first-order valence-corrected chi connectivity index (χ1v) is 13.0. The minimum absolute atomic E-state index is 0.206. The van der Waals surface area contributed by atoms with Crippen LogP contribution in [0.2, 0.25) is 5.02 Å². The number of fused-ring (bicyclic) bond motifs is 1. The topological polar surface area (TPSA) is 143 Å². The molecule has 2 amide bonds. The van der Waals surface area contributed by atoms with E-state index in [2.05, 4.69) is 25.8 Å². The molecule has 0 aliphatic carbocycles. The molecule has 212 valence electrons. The van der Waals surface area contributed by atoms with Gasteiger partial charge >= 0.3 is 0 Å². The maximum Gasteiger partial charge on any atom is 0.255 e. The second kappa shape index (κ2) is 11.5. The summed E-state index contributed by atoms with van der Waals surface area (Å²) in [6.45, 7) is 3.06. The van der Waals surface area contributed by atoms with Crippen LogP contribution in [0, 0.1) is 12.7 Å². The van der Waals surface area contributed by atoms with Crippen LogP contribution in [0.4, 0.5) is 16.0 Å². The third-order valence-corrected chi connectivity index (χ3v) is 7.11. The number of nitrogens with one attached hydrogen (secondary N) is 2. The molecule has 3 heterocycles. The Hall–Kier alpha value is -4.55. The molecule has 0 saturated heterocycles. The highest BCUT2D eigenvalue weighted by atomic mass is 35.5. The Morgan fingerprint density at radius 3 is 2.78 bits per heavy atom. The molecule has 0 bridgehead atoms. The number of halogens is 2. The molecule has 0 saturated carbocycles. The summed E-state index contributed by atoms with van der Waals surface area (Å²) in [5.74, 6) is -0.340. The van der Waals surface area contributed by atoms with E-state index in [1.165, 1.54) is 42.6 Å². The summed E-state index contributed by atoms with van der Waals surface area (Å²) in [6.07, 6.45) is 2.96. The number of ether oxygens (including phenoxy) is 1. The molecule has 2 atom stereocenters. The summed E-state index contributed by atoms with van der Waals surface area (Å²) in [5.41, 5.74) is 3.08. The van der Waals surface area contributed by atoms with Crippen molar-refractivity contribution in [3.05, 3.63) is 82.1 Å². The van der Waals surface area contributed by atoms with E-state index in [9.17, 15) is 19.1 Å². The summed E-state index contributed by atoms with van der Waals surface area (Å²) >= 11 is 6.41. The summed E-state index contributed by atoms with van der Waals surface area (Å²) in [6, 6.07) is 7.42. The predicted octanol–water partition coefficient (Wildman–Crippen LogP) is 4.18. The van der Waals surface area contributed by atoms with Crippen molar-refractivity contribution in [2.75, 3.05) is 19.0 Å². The number of aliphatic hydroxyl groups is 1. The molecule has 2 aromatic heterocycles. The van der Waals surface area contributed by atoms with Gasteiger partial charge in [0.05, 0.1) is 42.9 Å². The minimum atomic E-state index is -0.898. The van der Waals surface area contributed by atoms with E-state index < -0.39 is 30.4 Å². The fraction of sp³-hybridized carbons (Fsp3) is 0.250. The van der Waals surface area contributed by atoms with Gasteiger partial charge in [-0.3, -0.25) is 9.59 Å². The van der Waals surface area contributed by atoms with Gasteiger partial charge in [0.1, 0.15) is 23.3 Å². The lowest BCUT2D eigenvalue weighted by Crippen LogP contribution is -2.46. The average Bonchev–Trinajstić information content (AvgIpc) is 3.53. The number of carbonyl (C=O) groups excluding carboxylic acids is 2. The Morgan fingerprint density at radius 1 is 1.27 bits per heavy atom. The second-order valence-electron chi connectivity index (χ2n) is 9.46. The van der Waals surface area contributed by atoms with E-state index in [4.69, 9.17) is 20.9 Å². The van der Waals surface area contributed by atoms with Crippen LogP contribution in [-0.2, 0) is 11.3 Å². The summed E-state index contributed by atoms with van der Waals surface area (Å²) in [7, 11) is 1.39. The van der Waals surface area contributed by atoms with E-state index in [0.717, 1.165) is 5.56 Å². The number of nitrogens with zero attached hydrogens (tertiary/aromatic N) is 4.